The predicted molar refractivity (Wildman–Crippen MR) is 77.0 cm³/mol. The zero-order valence-electron chi connectivity index (χ0n) is 11.1. The molecule has 0 fully saturated rings. The van der Waals surface area contributed by atoms with Gasteiger partial charge in [0.1, 0.15) is 5.69 Å². The highest BCUT2D eigenvalue weighted by atomic mass is 79.9. The standard InChI is InChI=1S/C13H14BrN3O3/c1-19-11-6-8(5-9(14)12(11)20-2)7-15-13(18)10-3-4-16-17-10/h3-6H,7H2,1-2H3,(H,15,18)(H,16,17). The number of H-pyrrole nitrogens is 1. The Balaban J connectivity index is 2.10. The molecule has 6 nitrogen and oxygen atoms in total. The van der Waals surface area contributed by atoms with Gasteiger partial charge in [0.2, 0.25) is 0 Å². The topological polar surface area (TPSA) is 76.2 Å². The van der Waals surface area contributed by atoms with Gasteiger partial charge in [0.05, 0.1) is 18.7 Å². The second-order valence-corrected chi connectivity index (χ2v) is 4.82. The third-order valence-electron chi connectivity index (χ3n) is 2.69. The number of amides is 1. The quantitative estimate of drug-likeness (QED) is 0.874. The number of carbonyl (C=O) groups is 1. The van der Waals surface area contributed by atoms with Crippen LogP contribution in [0.3, 0.4) is 0 Å². The summed E-state index contributed by atoms with van der Waals surface area (Å²) < 4.78 is 11.3. The predicted octanol–water partition coefficient (Wildman–Crippen LogP) is 2.12. The SMILES string of the molecule is COc1cc(CNC(=O)c2ccn[nH]2)cc(Br)c1OC. The molecule has 2 aromatic rings. The summed E-state index contributed by atoms with van der Waals surface area (Å²) in [5, 5.41) is 9.13. The Morgan fingerprint density at radius 3 is 2.80 bits per heavy atom. The Bertz CT molecular complexity index is 599. The van der Waals surface area contributed by atoms with Gasteiger partial charge in [-0.05, 0) is 39.7 Å². The van der Waals surface area contributed by atoms with E-state index in [0.717, 1.165) is 10.0 Å². The van der Waals surface area contributed by atoms with Crippen LogP contribution in [0.2, 0.25) is 0 Å². The highest BCUT2D eigenvalue weighted by Crippen LogP contribution is 2.36. The number of aromatic amines is 1. The lowest BCUT2D eigenvalue weighted by Gasteiger charge is -2.12. The first-order valence-electron chi connectivity index (χ1n) is 5.83. The highest BCUT2D eigenvalue weighted by molar-refractivity contribution is 9.10. The largest absolute Gasteiger partial charge is 0.493 e. The normalized spacial score (nSPS) is 10.2. The van der Waals surface area contributed by atoms with E-state index >= 15 is 0 Å². The number of halogens is 1. The monoisotopic (exact) mass is 339 g/mol. The van der Waals surface area contributed by atoms with Crippen molar-refractivity contribution in [3.63, 3.8) is 0 Å². The van der Waals surface area contributed by atoms with Crippen LogP contribution in [0.4, 0.5) is 0 Å². The summed E-state index contributed by atoms with van der Waals surface area (Å²) in [6.45, 7) is 0.372. The molecule has 0 atom stereocenters. The first-order chi connectivity index (χ1) is 9.65. The van der Waals surface area contributed by atoms with E-state index in [-0.39, 0.29) is 5.91 Å². The lowest BCUT2D eigenvalue weighted by molar-refractivity contribution is 0.0946. The smallest absolute Gasteiger partial charge is 0.269 e. The molecule has 1 aromatic carbocycles. The van der Waals surface area contributed by atoms with Gasteiger partial charge in [-0.25, -0.2) is 0 Å². The molecule has 1 aromatic heterocycles. The average molecular weight is 340 g/mol. The van der Waals surface area contributed by atoms with Crippen LogP contribution in [0.1, 0.15) is 16.1 Å². The number of methoxy groups -OCH3 is 2. The van der Waals surface area contributed by atoms with Crippen molar-refractivity contribution in [1.29, 1.82) is 0 Å². The van der Waals surface area contributed by atoms with Gasteiger partial charge in [-0.3, -0.25) is 9.89 Å². The Labute approximate surface area is 124 Å². The summed E-state index contributed by atoms with van der Waals surface area (Å²) >= 11 is 3.41. The number of aromatic nitrogens is 2. The van der Waals surface area contributed by atoms with Crippen LogP contribution in [0.15, 0.2) is 28.9 Å². The molecule has 20 heavy (non-hydrogen) atoms. The number of nitrogens with zero attached hydrogens (tertiary/aromatic N) is 1. The average Bonchev–Trinajstić information content (AvgIpc) is 2.98. The fourth-order valence-corrected chi connectivity index (χ4v) is 2.38. The van der Waals surface area contributed by atoms with Crippen LogP contribution < -0.4 is 14.8 Å². The molecule has 0 radical (unpaired) electrons. The van der Waals surface area contributed by atoms with Crippen molar-refractivity contribution in [3.8, 4) is 11.5 Å². The molecule has 0 aliphatic carbocycles. The molecule has 0 spiro atoms. The summed E-state index contributed by atoms with van der Waals surface area (Å²) in [6.07, 6.45) is 1.53. The van der Waals surface area contributed by atoms with Gasteiger partial charge in [0.25, 0.3) is 5.91 Å². The van der Waals surface area contributed by atoms with Crippen molar-refractivity contribution in [2.75, 3.05) is 14.2 Å². The van der Waals surface area contributed by atoms with E-state index < -0.39 is 0 Å². The van der Waals surface area contributed by atoms with Gasteiger partial charge in [0.15, 0.2) is 11.5 Å². The van der Waals surface area contributed by atoms with Gasteiger partial charge < -0.3 is 14.8 Å². The minimum atomic E-state index is -0.214. The maximum absolute atomic E-state index is 11.8. The van der Waals surface area contributed by atoms with Crippen LogP contribution >= 0.6 is 15.9 Å². The van der Waals surface area contributed by atoms with Gasteiger partial charge in [-0.2, -0.15) is 5.10 Å². The molecule has 0 aliphatic rings. The van der Waals surface area contributed by atoms with E-state index in [4.69, 9.17) is 9.47 Å². The first-order valence-corrected chi connectivity index (χ1v) is 6.63. The molecule has 0 saturated carbocycles. The number of ether oxygens (including phenoxy) is 2. The summed E-state index contributed by atoms with van der Waals surface area (Å²) in [5.41, 5.74) is 1.31. The minimum absolute atomic E-state index is 0.214. The third kappa shape index (κ3) is 3.11. The van der Waals surface area contributed by atoms with Crippen LogP contribution in [0, 0.1) is 0 Å². The first kappa shape index (κ1) is 14.4. The molecular formula is C13H14BrN3O3. The van der Waals surface area contributed by atoms with Gasteiger partial charge in [-0.15, -0.1) is 0 Å². The van der Waals surface area contributed by atoms with Gasteiger partial charge in [-0.1, -0.05) is 0 Å². The molecule has 0 aliphatic heterocycles. The number of nitrogens with one attached hydrogen (secondary N) is 2. The maximum atomic E-state index is 11.8. The summed E-state index contributed by atoms with van der Waals surface area (Å²) in [4.78, 5) is 11.8. The number of benzene rings is 1. The van der Waals surface area contributed by atoms with Crippen molar-refractivity contribution in [2.24, 2.45) is 0 Å². The zero-order chi connectivity index (χ0) is 14.5. The lowest BCUT2D eigenvalue weighted by Crippen LogP contribution is -2.23. The molecule has 106 valence electrons. The minimum Gasteiger partial charge on any atom is -0.493 e. The molecule has 0 bridgehead atoms. The van der Waals surface area contributed by atoms with E-state index in [2.05, 4.69) is 31.4 Å². The second-order valence-electron chi connectivity index (χ2n) is 3.97. The highest BCUT2D eigenvalue weighted by Gasteiger charge is 2.12. The Morgan fingerprint density at radius 1 is 1.40 bits per heavy atom. The van der Waals surface area contributed by atoms with Crippen LogP contribution in [0.5, 0.6) is 11.5 Å². The Morgan fingerprint density at radius 2 is 2.20 bits per heavy atom. The van der Waals surface area contributed by atoms with E-state index in [1.54, 1.807) is 20.3 Å². The molecule has 1 heterocycles. The van der Waals surface area contributed by atoms with Crippen molar-refractivity contribution in [2.45, 2.75) is 6.54 Å². The molecular weight excluding hydrogens is 326 g/mol. The summed E-state index contributed by atoms with van der Waals surface area (Å²) in [7, 11) is 3.14. The number of hydrogen-bond donors (Lipinski definition) is 2. The third-order valence-corrected chi connectivity index (χ3v) is 3.28. The van der Waals surface area contributed by atoms with Crippen molar-refractivity contribution >= 4 is 21.8 Å². The van der Waals surface area contributed by atoms with E-state index in [9.17, 15) is 4.79 Å². The fraction of sp³-hybridized carbons (Fsp3) is 0.231. The molecule has 0 unspecified atom stereocenters. The van der Waals surface area contributed by atoms with Crippen LogP contribution in [0.25, 0.3) is 0 Å². The molecule has 0 saturated heterocycles. The zero-order valence-corrected chi connectivity index (χ0v) is 12.7. The Kier molecular flexibility index (Phi) is 4.62. The molecule has 2 rings (SSSR count). The molecule has 1 amide bonds. The lowest BCUT2D eigenvalue weighted by atomic mass is 10.2. The summed E-state index contributed by atoms with van der Waals surface area (Å²) in [6, 6.07) is 5.30. The van der Waals surface area contributed by atoms with Crippen molar-refractivity contribution < 1.29 is 14.3 Å². The van der Waals surface area contributed by atoms with Crippen LogP contribution in [-0.4, -0.2) is 30.3 Å². The molecule has 7 heteroatoms. The second kappa shape index (κ2) is 6.42. The van der Waals surface area contributed by atoms with Crippen molar-refractivity contribution in [3.05, 3.63) is 40.1 Å². The number of carbonyl (C=O) groups excluding carboxylic acids is 1. The van der Waals surface area contributed by atoms with Gasteiger partial charge >= 0.3 is 0 Å². The Hall–Kier alpha value is -2.02. The van der Waals surface area contributed by atoms with E-state index in [0.29, 0.717) is 23.7 Å². The van der Waals surface area contributed by atoms with E-state index in [1.165, 1.54) is 6.20 Å². The fourth-order valence-electron chi connectivity index (χ4n) is 1.73. The maximum Gasteiger partial charge on any atom is 0.269 e. The number of hydrogen-bond acceptors (Lipinski definition) is 4. The van der Waals surface area contributed by atoms with E-state index in [1.807, 2.05) is 12.1 Å². The van der Waals surface area contributed by atoms with Crippen molar-refractivity contribution in [1.82, 2.24) is 15.5 Å². The molecule has 2 N–H and O–H groups in total. The summed E-state index contributed by atoms with van der Waals surface area (Å²) in [5.74, 6) is 1.01. The van der Waals surface area contributed by atoms with Gasteiger partial charge in [0, 0.05) is 12.7 Å². The number of rotatable bonds is 5. The van der Waals surface area contributed by atoms with Crippen LogP contribution in [-0.2, 0) is 6.54 Å².